The van der Waals surface area contributed by atoms with Gasteiger partial charge >= 0.3 is 0 Å². The highest BCUT2D eigenvalue weighted by Crippen LogP contribution is 2.28. The second-order valence-corrected chi connectivity index (χ2v) is 8.47. The normalized spacial score (nSPS) is 19.1. The minimum absolute atomic E-state index is 0.0381. The van der Waals surface area contributed by atoms with Gasteiger partial charge in [-0.1, -0.05) is 18.2 Å². The Morgan fingerprint density at radius 2 is 1.96 bits per heavy atom. The van der Waals surface area contributed by atoms with Gasteiger partial charge in [0.05, 0.1) is 11.5 Å². The summed E-state index contributed by atoms with van der Waals surface area (Å²) >= 11 is 0. The third-order valence-electron chi connectivity index (χ3n) is 4.80. The number of carbonyl (C=O) groups excluding carboxylic acids is 1. The summed E-state index contributed by atoms with van der Waals surface area (Å²) in [6, 6.07) is 12.7. The molecule has 0 fully saturated rings. The maximum absolute atomic E-state index is 12.6. The van der Waals surface area contributed by atoms with Gasteiger partial charge in [0, 0.05) is 24.6 Å². The second kappa shape index (κ2) is 6.74. The Bertz CT molecular complexity index is 956. The molecule has 0 saturated heterocycles. The molecule has 6 nitrogen and oxygen atoms in total. The Labute approximate surface area is 152 Å². The third-order valence-corrected chi connectivity index (χ3v) is 6.22. The summed E-state index contributed by atoms with van der Waals surface area (Å²) in [6.45, 7) is 0.820. The molecule has 1 amide bonds. The molecule has 4 rings (SSSR count). The monoisotopic (exact) mass is 372 g/mol. The number of ether oxygens (including phenoxy) is 1. The maximum Gasteiger partial charge on any atom is 0.240 e. The average Bonchev–Trinajstić information content (AvgIpc) is 2.66. The van der Waals surface area contributed by atoms with Crippen molar-refractivity contribution in [2.75, 3.05) is 18.5 Å². The van der Waals surface area contributed by atoms with Gasteiger partial charge in [-0.05, 0) is 48.2 Å². The van der Waals surface area contributed by atoms with Crippen LogP contribution in [-0.2, 0) is 27.7 Å². The van der Waals surface area contributed by atoms with Gasteiger partial charge in [0.2, 0.25) is 15.9 Å². The summed E-state index contributed by atoms with van der Waals surface area (Å²) in [5.74, 6) is 0.934. The van der Waals surface area contributed by atoms with E-state index in [2.05, 4.69) is 10.0 Å². The zero-order valence-electron chi connectivity index (χ0n) is 14.2. The predicted octanol–water partition coefficient (Wildman–Crippen LogP) is 2.10. The van der Waals surface area contributed by atoms with Gasteiger partial charge in [-0.2, -0.15) is 0 Å². The van der Waals surface area contributed by atoms with E-state index in [-0.39, 0.29) is 16.7 Å². The number of benzene rings is 2. The van der Waals surface area contributed by atoms with E-state index in [9.17, 15) is 13.2 Å². The molecule has 7 heteroatoms. The molecule has 0 unspecified atom stereocenters. The lowest BCUT2D eigenvalue weighted by Gasteiger charge is -2.25. The van der Waals surface area contributed by atoms with E-state index in [1.54, 1.807) is 12.1 Å². The largest absolute Gasteiger partial charge is 0.493 e. The first-order valence-corrected chi connectivity index (χ1v) is 10.1. The Morgan fingerprint density at radius 3 is 2.85 bits per heavy atom. The van der Waals surface area contributed by atoms with Gasteiger partial charge in [-0.25, -0.2) is 13.1 Å². The van der Waals surface area contributed by atoms with Crippen LogP contribution >= 0.6 is 0 Å². The number of rotatable bonds is 4. The molecule has 1 atom stereocenters. The van der Waals surface area contributed by atoms with E-state index >= 15 is 0 Å². The molecule has 2 heterocycles. The molecular weight excluding hydrogens is 352 g/mol. The highest BCUT2D eigenvalue weighted by molar-refractivity contribution is 7.89. The van der Waals surface area contributed by atoms with Crippen molar-refractivity contribution in [3.63, 3.8) is 0 Å². The standard InChI is InChI=1S/C19H20N2O4S/c22-19-8-5-14-10-16(6-7-17(14)21-19)26(23,24)20-11-13-9-15-3-1-2-4-18(15)25-12-13/h1-4,6-7,10,13,20H,5,8-9,11-12H2,(H,21,22)/t13-/m0/s1. The van der Waals surface area contributed by atoms with Crippen molar-refractivity contribution in [3.05, 3.63) is 53.6 Å². The van der Waals surface area contributed by atoms with Crippen LogP contribution in [0.25, 0.3) is 0 Å². The van der Waals surface area contributed by atoms with Gasteiger partial charge in [0.1, 0.15) is 5.75 Å². The summed E-state index contributed by atoms with van der Waals surface area (Å²) in [5, 5.41) is 2.76. The van der Waals surface area contributed by atoms with Crippen LogP contribution in [0.3, 0.4) is 0 Å². The Hall–Kier alpha value is -2.38. The maximum atomic E-state index is 12.6. The highest BCUT2D eigenvalue weighted by atomic mass is 32.2. The van der Waals surface area contributed by atoms with Crippen LogP contribution in [0.5, 0.6) is 5.75 Å². The molecule has 2 aliphatic rings. The van der Waals surface area contributed by atoms with Crippen LogP contribution in [0, 0.1) is 5.92 Å². The summed E-state index contributed by atoms with van der Waals surface area (Å²) in [5.41, 5.74) is 2.65. The molecule has 0 radical (unpaired) electrons. The van der Waals surface area contributed by atoms with Crippen molar-refractivity contribution >= 4 is 21.6 Å². The number of para-hydroxylation sites is 1. The number of nitrogens with one attached hydrogen (secondary N) is 2. The summed E-state index contributed by atoms with van der Waals surface area (Å²) < 4.78 is 33.7. The van der Waals surface area contributed by atoms with Gasteiger partial charge in [-0.15, -0.1) is 0 Å². The minimum atomic E-state index is -3.60. The molecule has 0 bridgehead atoms. The molecule has 2 aliphatic heterocycles. The predicted molar refractivity (Wildman–Crippen MR) is 97.7 cm³/mol. The SMILES string of the molecule is O=C1CCc2cc(S(=O)(=O)NC[C@H]3COc4ccccc4C3)ccc2N1. The first-order valence-electron chi connectivity index (χ1n) is 8.64. The highest BCUT2D eigenvalue weighted by Gasteiger charge is 2.24. The number of aryl methyl sites for hydroxylation is 1. The van der Waals surface area contributed by atoms with Crippen molar-refractivity contribution in [1.29, 1.82) is 0 Å². The number of hydrogen-bond acceptors (Lipinski definition) is 4. The van der Waals surface area contributed by atoms with Gasteiger partial charge in [0.25, 0.3) is 0 Å². The molecule has 0 saturated carbocycles. The first kappa shape index (κ1) is 17.1. The number of carbonyl (C=O) groups is 1. The van der Waals surface area contributed by atoms with Crippen LogP contribution in [0.1, 0.15) is 17.5 Å². The molecule has 2 aromatic carbocycles. The molecule has 0 aromatic heterocycles. The molecule has 2 aromatic rings. The van der Waals surface area contributed by atoms with E-state index in [0.717, 1.165) is 23.3 Å². The van der Waals surface area contributed by atoms with Crippen LogP contribution < -0.4 is 14.8 Å². The summed E-state index contributed by atoms with van der Waals surface area (Å²) in [4.78, 5) is 11.6. The van der Waals surface area contributed by atoms with Gasteiger partial charge in [0.15, 0.2) is 0 Å². The van der Waals surface area contributed by atoms with Crippen molar-refractivity contribution in [3.8, 4) is 5.75 Å². The lowest BCUT2D eigenvalue weighted by molar-refractivity contribution is -0.116. The van der Waals surface area contributed by atoms with Crippen LogP contribution in [0.15, 0.2) is 47.4 Å². The van der Waals surface area contributed by atoms with Crippen molar-refractivity contribution < 1.29 is 17.9 Å². The first-order chi connectivity index (χ1) is 12.5. The number of sulfonamides is 1. The van der Waals surface area contributed by atoms with E-state index in [4.69, 9.17) is 4.74 Å². The summed E-state index contributed by atoms with van der Waals surface area (Å²) in [6.07, 6.45) is 1.72. The average molecular weight is 372 g/mol. The number of hydrogen-bond donors (Lipinski definition) is 2. The fourth-order valence-electron chi connectivity index (χ4n) is 3.36. The quantitative estimate of drug-likeness (QED) is 0.861. The zero-order valence-corrected chi connectivity index (χ0v) is 15.0. The Kier molecular flexibility index (Phi) is 4.42. The Morgan fingerprint density at radius 1 is 1.12 bits per heavy atom. The van der Waals surface area contributed by atoms with Gasteiger partial charge in [-0.3, -0.25) is 4.79 Å². The fraction of sp³-hybridized carbons (Fsp3) is 0.316. The zero-order chi connectivity index (χ0) is 18.1. The van der Waals surface area contributed by atoms with Crippen molar-refractivity contribution in [1.82, 2.24) is 4.72 Å². The number of fused-ring (bicyclic) bond motifs is 2. The molecular formula is C19H20N2O4S. The van der Waals surface area contributed by atoms with Crippen LogP contribution in [0.2, 0.25) is 0 Å². The van der Waals surface area contributed by atoms with E-state index < -0.39 is 10.0 Å². The van der Waals surface area contributed by atoms with E-state index in [1.807, 2.05) is 24.3 Å². The van der Waals surface area contributed by atoms with E-state index in [1.165, 1.54) is 6.07 Å². The van der Waals surface area contributed by atoms with Crippen molar-refractivity contribution in [2.24, 2.45) is 5.92 Å². The van der Waals surface area contributed by atoms with E-state index in [0.29, 0.717) is 31.7 Å². The lowest BCUT2D eigenvalue weighted by atomic mass is 9.97. The van der Waals surface area contributed by atoms with Crippen LogP contribution in [0.4, 0.5) is 5.69 Å². The topological polar surface area (TPSA) is 84.5 Å². The molecule has 136 valence electrons. The molecule has 2 N–H and O–H groups in total. The molecule has 0 aliphatic carbocycles. The minimum Gasteiger partial charge on any atom is -0.493 e. The van der Waals surface area contributed by atoms with Crippen LogP contribution in [-0.4, -0.2) is 27.5 Å². The summed E-state index contributed by atoms with van der Waals surface area (Å²) in [7, 11) is -3.60. The number of anilines is 1. The van der Waals surface area contributed by atoms with Crippen molar-refractivity contribution in [2.45, 2.75) is 24.2 Å². The number of amides is 1. The van der Waals surface area contributed by atoms with Gasteiger partial charge < -0.3 is 10.1 Å². The smallest absolute Gasteiger partial charge is 0.240 e. The lowest BCUT2D eigenvalue weighted by Crippen LogP contribution is -2.35. The third kappa shape index (κ3) is 3.45. The Balaban J connectivity index is 1.44. The molecule has 0 spiro atoms. The fourth-order valence-corrected chi connectivity index (χ4v) is 4.53. The second-order valence-electron chi connectivity index (χ2n) is 6.71. The molecule has 26 heavy (non-hydrogen) atoms.